The summed E-state index contributed by atoms with van der Waals surface area (Å²) in [6.45, 7) is 4.18. The highest BCUT2D eigenvalue weighted by molar-refractivity contribution is 14.0. The van der Waals surface area contributed by atoms with Crippen LogP contribution in [0, 0.1) is 5.92 Å². The number of piperidine rings is 1. The van der Waals surface area contributed by atoms with Crippen LogP contribution in [0.5, 0.6) is 0 Å². The molecule has 1 unspecified atom stereocenters. The first-order chi connectivity index (χ1) is 10.9. The van der Waals surface area contributed by atoms with Gasteiger partial charge in [-0.1, -0.05) is 6.42 Å². The van der Waals surface area contributed by atoms with Crippen LogP contribution in [-0.2, 0) is 0 Å². The first kappa shape index (κ1) is 18.6. The molecule has 1 atom stereocenters. The van der Waals surface area contributed by atoms with Crippen LogP contribution in [-0.4, -0.2) is 44.1 Å². The van der Waals surface area contributed by atoms with Gasteiger partial charge in [0, 0.05) is 20.1 Å². The molecule has 0 bridgehead atoms. The molecule has 2 aliphatic rings. The molecule has 3 rings (SSSR count). The number of hydrogen-bond donors (Lipinski definition) is 2. The van der Waals surface area contributed by atoms with Crippen molar-refractivity contribution < 1.29 is 4.42 Å². The minimum absolute atomic E-state index is 0. The molecule has 1 saturated heterocycles. The van der Waals surface area contributed by atoms with Crippen LogP contribution in [0.1, 0.15) is 43.9 Å². The van der Waals surface area contributed by atoms with Crippen molar-refractivity contribution in [2.45, 2.75) is 38.1 Å². The molecule has 0 radical (unpaired) electrons. The monoisotopic (exact) mass is 432 g/mol. The van der Waals surface area contributed by atoms with Gasteiger partial charge in [-0.2, -0.15) is 0 Å². The summed E-state index contributed by atoms with van der Waals surface area (Å²) in [6, 6.07) is 4.35. The van der Waals surface area contributed by atoms with Gasteiger partial charge in [0.05, 0.1) is 12.3 Å². The predicted molar refractivity (Wildman–Crippen MR) is 104 cm³/mol. The molecule has 5 nitrogen and oxygen atoms in total. The van der Waals surface area contributed by atoms with Gasteiger partial charge in [0.1, 0.15) is 5.76 Å². The molecule has 2 heterocycles. The lowest BCUT2D eigenvalue weighted by Gasteiger charge is -2.33. The van der Waals surface area contributed by atoms with Gasteiger partial charge >= 0.3 is 0 Å². The summed E-state index contributed by atoms with van der Waals surface area (Å²) in [5.41, 5.74) is 0. The van der Waals surface area contributed by atoms with Crippen LogP contribution in [0.4, 0.5) is 0 Å². The Balaban J connectivity index is 0.00000192. The fraction of sp³-hybridized carbons (Fsp3) is 0.706. The van der Waals surface area contributed by atoms with Crippen molar-refractivity contribution in [3.63, 3.8) is 0 Å². The minimum atomic E-state index is 0. The Kier molecular flexibility index (Phi) is 7.69. The topological polar surface area (TPSA) is 52.8 Å². The Morgan fingerprint density at radius 3 is 2.70 bits per heavy atom. The van der Waals surface area contributed by atoms with E-state index < -0.39 is 0 Å². The molecule has 6 heteroatoms. The van der Waals surface area contributed by atoms with Crippen LogP contribution in [0.3, 0.4) is 0 Å². The summed E-state index contributed by atoms with van der Waals surface area (Å²) in [7, 11) is 1.84. The van der Waals surface area contributed by atoms with E-state index in [9.17, 15) is 0 Å². The van der Waals surface area contributed by atoms with Gasteiger partial charge in [0.2, 0.25) is 0 Å². The number of halogens is 1. The maximum Gasteiger partial charge on any atom is 0.191 e. The number of likely N-dealkylation sites (tertiary alicyclic amines) is 1. The summed E-state index contributed by atoms with van der Waals surface area (Å²) in [5.74, 6) is 2.80. The lowest BCUT2D eigenvalue weighted by molar-refractivity contribution is 0.146. The van der Waals surface area contributed by atoms with E-state index in [1.807, 2.05) is 13.1 Å². The molecule has 130 valence electrons. The van der Waals surface area contributed by atoms with Crippen molar-refractivity contribution in [2.24, 2.45) is 10.9 Å². The summed E-state index contributed by atoms with van der Waals surface area (Å²) in [6.07, 6.45) is 8.39. The van der Waals surface area contributed by atoms with E-state index >= 15 is 0 Å². The molecule has 0 aromatic carbocycles. The minimum Gasteiger partial charge on any atom is -0.468 e. The van der Waals surface area contributed by atoms with E-state index in [-0.39, 0.29) is 30.0 Å². The molecule has 1 aromatic rings. The number of nitrogens with zero attached hydrogens (tertiary/aromatic N) is 2. The zero-order valence-electron chi connectivity index (χ0n) is 14.0. The molecule has 1 aliphatic carbocycles. The second-order valence-corrected chi connectivity index (χ2v) is 6.41. The summed E-state index contributed by atoms with van der Waals surface area (Å²) in [5, 5.41) is 6.90. The predicted octanol–water partition coefficient (Wildman–Crippen LogP) is 3.00. The maximum atomic E-state index is 5.68. The molecule has 23 heavy (non-hydrogen) atoms. The van der Waals surface area contributed by atoms with Crippen LogP contribution in [0.25, 0.3) is 0 Å². The summed E-state index contributed by atoms with van der Waals surface area (Å²) >= 11 is 0. The van der Waals surface area contributed by atoms with E-state index in [1.165, 1.54) is 32.1 Å². The maximum absolute atomic E-state index is 5.68. The third-order valence-corrected chi connectivity index (χ3v) is 4.64. The Morgan fingerprint density at radius 1 is 1.30 bits per heavy atom. The van der Waals surface area contributed by atoms with Crippen molar-refractivity contribution >= 4 is 29.9 Å². The standard InChI is InChI=1S/C17H28N4O.HI/c1-18-17(19-12-14-7-8-14)20-13-15(16-6-5-11-22-16)21-9-3-2-4-10-21;/h5-6,11,14-15H,2-4,7-10,12-13H2,1H3,(H2,18,19,20);1H. The fourth-order valence-electron chi connectivity index (χ4n) is 3.10. The molecule has 1 aromatic heterocycles. The van der Waals surface area contributed by atoms with Gasteiger partial charge in [0.25, 0.3) is 0 Å². The van der Waals surface area contributed by atoms with Gasteiger partial charge in [-0.05, 0) is 56.8 Å². The van der Waals surface area contributed by atoms with E-state index in [0.29, 0.717) is 0 Å². The SMILES string of the molecule is CN=C(NCC1CC1)NCC(c1ccco1)N1CCCCC1.I. The number of furan rings is 1. The van der Waals surface area contributed by atoms with Crippen LogP contribution in [0.2, 0.25) is 0 Å². The normalized spacial score (nSPS) is 20.7. The number of aliphatic imine (C=N–C) groups is 1. The second-order valence-electron chi connectivity index (χ2n) is 6.41. The lowest BCUT2D eigenvalue weighted by atomic mass is 10.1. The van der Waals surface area contributed by atoms with Gasteiger partial charge in [0.15, 0.2) is 5.96 Å². The van der Waals surface area contributed by atoms with E-state index in [0.717, 1.165) is 43.8 Å². The van der Waals surface area contributed by atoms with Crippen molar-refractivity contribution in [3.8, 4) is 0 Å². The van der Waals surface area contributed by atoms with Crippen LogP contribution >= 0.6 is 24.0 Å². The molecule has 0 amide bonds. The fourth-order valence-corrected chi connectivity index (χ4v) is 3.10. The van der Waals surface area contributed by atoms with Gasteiger partial charge in [-0.15, -0.1) is 24.0 Å². The van der Waals surface area contributed by atoms with Gasteiger partial charge < -0.3 is 15.1 Å². The molecular weight excluding hydrogens is 403 g/mol. The van der Waals surface area contributed by atoms with Crippen LogP contribution in [0.15, 0.2) is 27.8 Å². The van der Waals surface area contributed by atoms with Crippen molar-refractivity contribution in [3.05, 3.63) is 24.2 Å². The smallest absolute Gasteiger partial charge is 0.191 e. The first-order valence-corrected chi connectivity index (χ1v) is 8.59. The lowest BCUT2D eigenvalue weighted by Crippen LogP contribution is -2.44. The highest BCUT2D eigenvalue weighted by Gasteiger charge is 2.25. The Morgan fingerprint density at radius 2 is 2.09 bits per heavy atom. The average molecular weight is 432 g/mol. The van der Waals surface area contributed by atoms with E-state index in [4.69, 9.17) is 4.42 Å². The van der Waals surface area contributed by atoms with Crippen molar-refractivity contribution in [1.29, 1.82) is 0 Å². The van der Waals surface area contributed by atoms with Crippen molar-refractivity contribution in [2.75, 3.05) is 33.2 Å². The number of guanidine groups is 1. The summed E-state index contributed by atoms with van der Waals surface area (Å²) < 4.78 is 5.68. The number of nitrogens with one attached hydrogen (secondary N) is 2. The third kappa shape index (κ3) is 5.67. The second kappa shape index (κ2) is 9.52. The molecular formula is C17H29IN4O. The van der Waals surface area contributed by atoms with Crippen LogP contribution < -0.4 is 10.6 Å². The van der Waals surface area contributed by atoms with Gasteiger partial charge in [-0.3, -0.25) is 9.89 Å². The zero-order valence-corrected chi connectivity index (χ0v) is 16.3. The van der Waals surface area contributed by atoms with Crippen molar-refractivity contribution in [1.82, 2.24) is 15.5 Å². The highest BCUT2D eigenvalue weighted by atomic mass is 127. The third-order valence-electron chi connectivity index (χ3n) is 4.64. The quantitative estimate of drug-likeness (QED) is 0.412. The van der Waals surface area contributed by atoms with Gasteiger partial charge in [-0.25, -0.2) is 0 Å². The largest absolute Gasteiger partial charge is 0.468 e. The Hall–Kier alpha value is -0.760. The molecule has 1 saturated carbocycles. The Labute approximate surface area is 156 Å². The first-order valence-electron chi connectivity index (χ1n) is 8.59. The Bertz CT molecular complexity index is 467. The van der Waals surface area contributed by atoms with E-state index in [2.05, 4.69) is 26.6 Å². The molecule has 2 fully saturated rings. The highest BCUT2D eigenvalue weighted by Crippen LogP contribution is 2.27. The zero-order chi connectivity index (χ0) is 15.2. The number of hydrogen-bond acceptors (Lipinski definition) is 3. The van der Waals surface area contributed by atoms with E-state index in [1.54, 1.807) is 6.26 Å². The molecule has 1 aliphatic heterocycles. The molecule has 2 N–H and O–H groups in total. The summed E-state index contributed by atoms with van der Waals surface area (Å²) in [4.78, 5) is 6.86. The molecule has 0 spiro atoms. The number of rotatable bonds is 6. The average Bonchev–Trinajstić information content (AvgIpc) is 3.24.